The van der Waals surface area contributed by atoms with Crippen LogP contribution < -0.4 is 15.2 Å². The molecule has 20 heavy (non-hydrogen) atoms. The zero-order chi connectivity index (χ0) is 14.1. The summed E-state index contributed by atoms with van der Waals surface area (Å²) in [7, 11) is 0. The van der Waals surface area contributed by atoms with Crippen molar-refractivity contribution in [3.8, 4) is 11.5 Å². The monoisotopic (exact) mass is 272 g/mol. The molecule has 0 amide bonds. The molecule has 2 atom stereocenters. The first-order chi connectivity index (χ1) is 9.66. The van der Waals surface area contributed by atoms with Crippen molar-refractivity contribution in [1.29, 1.82) is 0 Å². The number of anilines is 1. The van der Waals surface area contributed by atoms with Crippen LogP contribution in [0, 0.1) is 6.92 Å². The third kappa shape index (κ3) is 2.16. The van der Waals surface area contributed by atoms with E-state index in [1.807, 2.05) is 37.3 Å². The molecule has 0 fully saturated rings. The van der Waals surface area contributed by atoms with Crippen molar-refractivity contribution >= 4 is 5.82 Å². The molecule has 1 aromatic heterocycles. The van der Waals surface area contributed by atoms with Crippen LogP contribution in [0.1, 0.15) is 17.2 Å². The molecule has 1 aliphatic heterocycles. The summed E-state index contributed by atoms with van der Waals surface area (Å²) in [4.78, 5) is 4.02. The number of aromatic nitrogens is 1. The molecule has 5 nitrogen and oxygen atoms in total. The van der Waals surface area contributed by atoms with Gasteiger partial charge in [-0.3, -0.25) is 0 Å². The predicted octanol–water partition coefficient (Wildman–Crippen LogP) is 1.85. The molecule has 0 saturated heterocycles. The Balaban J connectivity index is 1.88. The Morgan fingerprint density at radius 3 is 2.80 bits per heavy atom. The second kappa shape index (κ2) is 5.02. The van der Waals surface area contributed by atoms with Crippen LogP contribution in [0.15, 0.2) is 36.5 Å². The number of ether oxygens (including phenoxy) is 2. The van der Waals surface area contributed by atoms with Gasteiger partial charge in [0.15, 0.2) is 17.6 Å². The van der Waals surface area contributed by atoms with E-state index < -0.39 is 12.2 Å². The summed E-state index contributed by atoms with van der Waals surface area (Å²) in [5.74, 6) is 1.63. The number of aliphatic hydroxyl groups is 1. The number of hydrogen-bond acceptors (Lipinski definition) is 5. The predicted molar refractivity (Wildman–Crippen MR) is 74.7 cm³/mol. The maximum Gasteiger partial charge on any atom is 0.163 e. The van der Waals surface area contributed by atoms with Gasteiger partial charge in [0.2, 0.25) is 0 Å². The van der Waals surface area contributed by atoms with Crippen molar-refractivity contribution in [1.82, 2.24) is 4.98 Å². The number of nitrogens with two attached hydrogens (primary N) is 1. The smallest absolute Gasteiger partial charge is 0.163 e. The largest absolute Gasteiger partial charge is 0.486 e. The number of rotatable bonds is 2. The van der Waals surface area contributed by atoms with Crippen LogP contribution in [0.4, 0.5) is 5.82 Å². The van der Waals surface area contributed by atoms with Crippen molar-refractivity contribution < 1.29 is 14.6 Å². The number of nitrogens with zero attached hydrogens (tertiary/aromatic N) is 1. The van der Waals surface area contributed by atoms with Crippen LogP contribution in [0.25, 0.3) is 0 Å². The first kappa shape index (κ1) is 12.7. The third-order valence-corrected chi connectivity index (χ3v) is 3.42. The second-order valence-corrected chi connectivity index (χ2v) is 4.79. The molecule has 2 heterocycles. The van der Waals surface area contributed by atoms with Crippen molar-refractivity contribution in [3.05, 3.63) is 47.7 Å². The normalized spacial score (nSPS) is 18.6. The highest BCUT2D eigenvalue weighted by Crippen LogP contribution is 2.35. The number of fused-ring (bicyclic) bond motifs is 1. The number of nitrogen functional groups attached to an aromatic ring is 1. The van der Waals surface area contributed by atoms with Gasteiger partial charge >= 0.3 is 0 Å². The molecule has 0 saturated carbocycles. The molecule has 2 aromatic rings. The molecular weight excluding hydrogens is 256 g/mol. The van der Waals surface area contributed by atoms with Crippen molar-refractivity contribution in [2.24, 2.45) is 0 Å². The summed E-state index contributed by atoms with van der Waals surface area (Å²) in [6.45, 7) is 2.15. The molecule has 0 aliphatic carbocycles. The lowest BCUT2D eigenvalue weighted by molar-refractivity contribution is -0.0113. The lowest BCUT2D eigenvalue weighted by Crippen LogP contribution is -2.35. The second-order valence-electron chi connectivity index (χ2n) is 4.79. The minimum absolute atomic E-state index is 0.270. The number of pyridine rings is 1. The SMILES string of the molecule is Cc1ccnc(N)c1C(O)C1COc2ccccc2O1. The van der Waals surface area contributed by atoms with Gasteiger partial charge in [0.1, 0.15) is 18.5 Å². The van der Waals surface area contributed by atoms with Crippen LogP contribution >= 0.6 is 0 Å². The minimum atomic E-state index is -0.878. The van der Waals surface area contributed by atoms with Gasteiger partial charge in [-0.2, -0.15) is 0 Å². The first-order valence-electron chi connectivity index (χ1n) is 6.44. The van der Waals surface area contributed by atoms with Gasteiger partial charge in [-0.05, 0) is 30.7 Å². The average molecular weight is 272 g/mol. The topological polar surface area (TPSA) is 77.6 Å². The fourth-order valence-corrected chi connectivity index (χ4v) is 2.35. The van der Waals surface area contributed by atoms with E-state index in [4.69, 9.17) is 15.2 Å². The Bertz CT molecular complexity index is 610. The lowest BCUT2D eigenvalue weighted by Gasteiger charge is -2.30. The molecule has 3 rings (SSSR count). The Morgan fingerprint density at radius 2 is 2.05 bits per heavy atom. The van der Waals surface area contributed by atoms with E-state index in [0.717, 1.165) is 5.56 Å². The molecule has 5 heteroatoms. The van der Waals surface area contributed by atoms with E-state index in [2.05, 4.69) is 4.98 Å². The Kier molecular flexibility index (Phi) is 3.20. The molecule has 1 aliphatic rings. The summed E-state index contributed by atoms with van der Waals surface area (Å²) >= 11 is 0. The summed E-state index contributed by atoms with van der Waals surface area (Å²) in [6.07, 6.45) is 0.237. The van der Waals surface area contributed by atoms with E-state index in [9.17, 15) is 5.11 Å². The molecule has 3 N–H and O–H groups in total. The van der Waals surface area contributed by atoms with Gasteiger partial charge in [-0.25, -0.2) is 4.98 Å². The van der Waals surface area contributed by atoms with Gasteiger partial charge in [-0.15, -0.1) is 0 Å². The maximum absolute atomic E-state index is 10.5. The Labute approximate surface area is 117 Å². The molecule has 1 aromatic carbocycles. The third-order valence-electron chi connectivity index (χ3n) is 3.42. The van der Waals surface area contributed by atoms with Gasteiger partial charge < -0.3 is 20.3 Å². The summed E-state index contributed by atoms with van der Waals surface area (Å²) in [5, 5.41) is 10.5. The van der Waals surface area contributed by atoms with Crippen LogP contribution in [-0.4, -0.2) is 22.8 Å². The van der Waals surface area contributed by atoms with Crippen molar-refractivity contribution in [2.45, 2.75) is 19.1 Å². The van der Waals surface area contributed by atoms with Crippen molar-refractivity contribution in [3.63, 3.8) is 0 Å². The van der Waals surface area contributed by atoms with Gasteiger partial charge in [0.05, 0.1) is 0 Å². The van der Waals surface area contributed by atoms with E-state index >= 15 is 0 Å². The maximum atomic E-state index is 10.5. The highest BCUT2D eigenvalue weighted by atomic mass is 16.6. The lowest BCUT2D eigenvalue weighted by atomic mass is 10.0. The molecule has 0 spiro atoms. The van der Waals surface area contributed by atoms with E-state index in [1.54, 1.807) is 6.20 Å². The Morgan fingerprint density at radius 1 is 1.30 bits per heavy atom. The van der Waals surface area contributed by atoms with Crippen LogP contribution in [0.2, 0.25) is 0 Å². The number of aliphatic hydroxyl groups excluding tert-OH is 1. The fraction of sp³-hybridized carbons (Fsp3) is 0.267. The minimum Gasteiger partial charge on any atom is -0.486 e. The van der Waals surface area contributed by atoms with Gasteiger partial charge in [0, 0.05) is 11.8 Å². The number of para-hydroxylation sites is 2. The van der Waals surface area contributed by atoms with E-state index in [1.165, 1.54) is 0 Å². The van der Waals surface area contributed by atoms with E-state index in [0.29, 0.717) is 22.9 Å². The first-order valence-corrected chi connectivity index (χ1v) is 6.44. The summed E-state index contributed by atoms with van der Waals surface area (Å²) in [5.41, 5.74) is 7.34. The number of benzene rings is 1. The van der Waals surface area contributed by atoms with Gasteiger partial charge in [0.25, 0.3) is 0 Å². The molecule has 2 unspecified atom stereocenters. The fourth-order valence-electron chi connectivity index (χ4n) is 2.35. The highest BCUT2D eigenvalue weighted by molar-refractivity contribution is 5.47. The average Bonchev–Trinajstić information content (AvgIpc) is 2.46. The summed E-state index contributed by atoms with van der Waals surface area (Å²) in [6, 6.07) is 9.20. The number of aryl methyl sites for hydroxylation is 1. The number of hydrogen-bond donors (Lipinski definition) is 2. The van der Waals surface area contributed by atoms with Crippen LogP contribution in [-0.2, 0) is 0 Å². The van der Waals surface area contributed by atoms with Crippen LogP contribution in [0.5, 0.6) is 11.5 Å². The van der Waals surface area contributed by atoms with Gasteiger partial charge in [-0.1, -0.05) is 12.1 Å². The van der Waals surface area contributed by atoms with Crippen molar-refractivity contribution in [2.75, 3.05) is 12.3 Å². The quantitative estimate of drug-likeness (QED) is 0.872. The molecule has 0 radical (unpaired) electrons. The zero-order valence-electron chi connectivity index (χ0n) is 11.1. The van der Waals surface area contributed by atoms with E-state index in [-0.39, 0.29) is 6.61 Å². The molecule has 0 bridgehead atoms. The Hall–Kier alpha value is -2.27. The molecule has 104 valence electrons. The summed E-state index contributed by atoms with van der Waals surface area (Å²) < 4.78 is 11.4. The van der Waals surface area contributed by atoms with Crippen LogP contribution in [0.3, 0.4) is 0 Å². The highest BCUT2D eigenvalue weighted by Gasteiger charge is 2.30. The standard InChI is InChI=1S/C15H16N2O3/c1-9-6-7-17-15(16)13(9)14(18)12-8-19-10-4-2-3-5-11(10)20-12/h2-7,12,14,18H,8H2,1H3,(H2,16,17). The molecular formula is C15H16N2O3. The zero-order valence-corrected chi connectivity index (χ0v) is 11.1.